The number of hydrogen-bond acceptors (Lipinski definition) is 6. The number of phenols is 1. The molecule has 2 aromatic carbocycles. The fourth-order valence-electron chi connectivity index (χ4n) is 2.52. The van der Waals surface area contributed by atoms with Gasteiger partial charge < -0.3 is 24.1 Å². The topological polar surface area (TPSA) is 74.2 Å². The average Bonchev–Trinajstić information content (AvgIpc) is 2.62. The molecule has 0 unspecified atom stereocenters. The predicted octanol–water partition coefficient (Wildman–Crippen LogP) is 3.24. The van der Waals surface area contributed by atoms with Crippen LogP contribution in [0.15, 0.2) is 30.3 Å². The molecule has 1 N–H and O–H groups in total. The van der Waals surface area contributed by atoms with E-state index < -0.39 is 0 Å². The zero-order chi connectivity index (χ0) is 18.4. The summed E-state index contributed by atoms with van der Waals surface area (Å²) >= 11 is 0. The Morgan fingerprint density at radius 3 is 2.24 bits per heavy atom. The third-order valence-electron chi connectivity index (χ3n) is 3.71. The van der Waals surface area contributed by atoms with Gasteiger partial charge in [-0.15, -0.1) is 0 Å². The SMILES string of the molecule is CCOc1ccc(C(=O)Cc2ccc(OC)c(OC)c2)c(O)c1OC. The minimum absolute atomic E-state index is 0.102. The summed E-state index contributed by atoms with van der Waals surface area (Å²) in [5, 5.41) is 10.4. The van der Waals surface area contributed by atoms with E-state index >= 15 is 0 Å². The lowest BCUT2D eigenvalue weighted by atomic mass is 10.0. The van der Waals surface area contributed by atoms with Gasteiger partial charge in [0.2, 0.25) is 5.75 Å². The first-order valence-corrected chi connectivity index (χ1v) is 7.82. The number of hydrogen-bond donors (Lipinski definition) is 1. The molecule has 6 nitrogen and oxygen atoms in total. The summed E-state index contributed by atoms with van der Waals surface area (Å²) in [7, 11) is 4.50. The number of ketones is 1. The molecule has 0 bridgehead atoms. The number of Topliss-reactive ketones (excluding diaryl/α,β-unsaturated/α-hetero) is 1. The van der Waals surface area contributed by atoms with Crippen molar-refractivity contribution in [3.8, 4) is 28.7 Å². The van der Waals surface area contributed by atoms with Crippen molar-refractivity contribution < 1.29 is 28.8 Å². The van der Waals surface area contributed by atoms with Crippen LogP contribution in [-0.2, 0) is 6.42 Å². The molecule has 0 aliphatic rings. The van der Waals surface area contributed by atoms with Crippen LogP contribution in [0.5, 0.6) is 28.7 Å². The van der Waals surface area contributed by atoms with Crippen molar-refractivity contribution in [2.45, 2.75) is 13.3 Å². The van der Waals surface area contributed by atoms with E-state index in [2.05, 4.69) is 0 Å². The lowest BCUT2D eigenvalue weighted by Gasteiger charge is -2.13. The maximum Gasteiger partial charge on any atom is 0.203 e. The number of phenolic OH excluding ortho intramolecular Hbond substituents is 1. The molecule has 0 aliphatic heterocycles. The predicted molar refractivity (Wildman–Crippen MR) is 93.4 cm³/mol. The molecule has 0 aromatic heterocycles. The smallest absolute Gasteiger partial charge is 0.203 e. The molecule has 2 aromatic rings. The molecule has 0 aliphatic carbocycles. The molecule has 2 rings (SSSR count). The molecule has 0 heterocycles. The number of aromatic hydroxyl groups is 1. The van der Waals surface area contributed by atoms with Gasteiger partial charge in [0, 0.05) is 6.42 Å². The second-order valence-corrected chi connectivity index (χ2v) is 5.22. The maximum absolute atomic E-state index is 12.6. The third-order valence-corrected chi connectivity index (χ3v) is 3.71. The fraction of sp³-hybridized carbons (Fsp3) is 0.316. The lowest BCUT2D eigenvalue weighted by Crippen LogP contribution is -2.06. The van der Waals surface area contributed by atoms with Crippen molar-refractivity contribution in [1.82, 2.24) is 0 Å². The molecule has 0 atom stereocenters. The van der Waals surface area contributed by atoms with Gasteiger partial charge in [-0.05, 0) is 36.8 Å². The quantitative estimate of drug-likeness (QED) is 0.740. The van der Waals surface area contributed by atoms with Crippen molar-refractivity contribution in [2.75, 3.05) is 27.9 Å². The molecule has 0 radical (unpaired) electrons. The highest BCUT2D eigenvalue weighted by atomic mass is 16.5. The van der Waals surface area contributed by atoms with E-state index in [0.717, 1.165) is 5.56 Å². The largest absolute Gasteiger partial charge is 0.504 e. The molecule has 0 spiro atoms. The molecular weight excluding hydrogens is 324 g/mol. The minimum Gasteiger partial charge on any atom is -0.504 e. The summed E-state index contributed by atoms with van der Waals surface area (Å²) < 4.78 is 21.0. The Morgan fingerprint density at radius 2 is 1.64 bits per heavy atom. The second kappa shape index (κ2) is 8.28. The van der Waals surface area contributed by atoms with Gasteiger partial charge in [-0.2, -0.15) is 0 Å². The Kier molecular flexibility index (Phi) is 6.11. The highest BCUT2D eigenvalue weighted by Gasteiger charge is 2.20. The Labute approximate surface area is 146 Å². The molecule has 6 heteroatoms. The number of rotatable bonds is 8. The highest BCUT2D eigenvalue weighted by molar-refractivity contribution is 6.01. The van der Waals surface area contributed by atoms with Gasteiger partial charge in [0.25, 0.3) is 0 Å². The van der Waals surface area contributed by atoms with Crippen LogP contribution in [0.4, 0.5) is 0 Å². The van der Waals surface area contributed by atoms with E-state index in [1.807, 2.05) is 6.92 Å². The van der Waals surface area contributed by atoms with Crippen LogP contribution >= 0.6 is 0 Å². The van der Waals surface area contributed by atoms with Crippen molar-refractivity contribution in [1.29, 1.82) is 0 Å². The molecule has 134 valence electrons. The summed E-state index contributed by atoms with van der Waals surface area (Å²) in [5.41, 5.74) is 0.921. The molecule has 0 saturated heterocycles. The number of benzene rings is 2. The summed E-state index contributed by atoms with van der Waals surface area (Å²) in [5.74, 6) is 1.21. The van der Waals surface area contributed by atoms with Crippen LogP contribution < -0.4 is 18.9 Å². The summed E-state index contributed by atoms with van der Waals surface area (Å²) in [6.07, 6.45) is 0.102. The molecular formula is C19H22O6. The number of carbonyl (C=O) groups is 1. The lowest BCUT2D eigenvalue weighted by molar-refractivity contribution is 0.0989. The van der Waals surface area contributed by atoms with Gasteiger partial charge in [0.05, 0.1) is 33.5 Å². The average molecular weight is 346 g/mol. The zero-order valence-electron chi connectivity index (χ0n) is 14.8. The third kappa shape index (κ3) is 3.96. The standard InChI is InChI=1S/C19H22O6/c1-5-25-16-9-7-13(18(21)19(16)24-4)14(20)10-12-6-8-15(22-2)17(11-12)23-3/h6-9,11,21H,5,10H2,1-4H3. The minimum atomic E-state index is -0.244. The summed E-state index contributed by atoms with van der Waals surface area (Å²) in [6, 6.07) is 8.40. The van der Waals surface area contributed by atoms with E-state index in [4.69, 9.17) is 18.9 Å². The Hall–Kier alpha value is -2.89. The normalized spacial score (nSPS) is 10.2. The van der Waals surface area contributed by atoms with Gasteiger partial charge in [-0.3, -0.25) is 4.79 Å². The number of carbonyl (C=O) groups excluding carboxylic acids is 1. The first kappa shape index (κ1) is 18.4. The molecule has 0 saturated carbocycles. The number of methoxy groups -OCH3 is 3. The summed E-state index contributed by atoms with van der Waals surface area (Å²) in [6.45, 7) is 2.25. The van der Waals surface area contributed by atoms with Crippen LogP contribution in [-0.4, -0.2) is 38.8 Å². The monoisotopic (exact) mass is 346 g/mol. The van der Waals surface area contributed by atoms with Crippen LogP contribution in [0, 0.1) is 0 Å². The molecule has 0 amide bonds. The van der Waals surface area contributed by atoms with Gasteiger partial charge in [-0.1, -0.05) is 6.07 Å². The molecule has 0 fully saturated rings. The van der Waals surface area contributed by atoms with Gasteiger partial charge in [0.15, 0.2) is 28.8 Å². The summed E-state index contributed by atoms with van der Waals surface area (Å²) in [4.78, 5) is 12.6. The highest BCUT2D eigenvalue weighted by Crippen LogP contribution is 2.39. The van der Waals surface area contributed by atoms with Gasteiger partial charge in [0.1, 0.15) is 0 Å². The van der Waals surface area contributed by atoms with Crippen LogP contribution in [0.25, 0.3) is 0 Å². The van der Waals surface area contributed by atoms with Crippen LogP contribution in [0.2, 0.25) is 0 Å². The van der Waals surface area contributed by atoms with Gasteiger partial charge in [-0.25, -0.2) is 0 Å². The fourth-order valence-corrected chi connectivity index (χ4v) is 2.52. The van der Waals surface area contributed by atoms with Crippen molar-refractivity contribution >= 4 is 5.78 Å². The maximum atomic E-state index is 12.6. The Morgan fingerprint density at radius 1 is 0.960 bits per heavy atom. The number of ether oxygens (including phenoxy) is 4. The van der Waals surface area contributed by atoms with E-state index in [0.29, 0.717) is 23.9 Å². The van der Waals surface area contributed by atoms with Crippen LogP contribution in [0.3, 0.4) is 0 Å². The van der Waals surface area contributed by atoms with Crippen molar-refractivity contribution in [3.63, 3.8) is 0 Å². The van der Waals surface area contributed by atoms with E-state index in [-0.39, 0.29) is 29.3 Å². The van der Waals surface area contributed by atoms with Crippen LogP contribution in [0.1, 0.15) is 22.8 Å². The second-order valence-electron chi connectivity index (χ2n) is 5.22. The van der Waals surface area contributed by atoms with Gasteiger partial charge >= 0.3 is 0 Å². The Bertz CT molecular complexity index is 754. The van der Waals surface area contributed by atoms with Crippen molar-refractivity contribution in [3.05, 3.63) is 41.5 Å². The van der Waals surface area contributed by atoms with E-state index in [1.165, 1.54) is 20.3 Å². The zero-order valence-corrected chi connectivity index (χ0v) is 14.8. The van der Waals surface area contributed by atoms with E-state index in [9.17, 15) is 9.90 Å². The first-order valence-electron chi connectivity index (χ1n) is 7.82. The molecule has 25 heavy (non-hydrogen) atoms. The Balaban J connectivity index is 2.29. The van der Waals surface area contributed by atoms with E-state index in [1.54, 1.807) is 31.4 Å². The van der Waals surface area contributed by atoms with Crippen molar-refractivity contribution in [2.24, 2.45) is 0 Å². The first-order chi connectivity index (χ1) is 12.0.